The number of hydrogen-bond donors (Lipinski definition) is 0. The third kappa shape index (κ3) is 2.70. The predicted octanol–water partition coefficient (Wildman–Crippen LogP) is 5.33. The number of nitrogens with zero attached hydrogens (tertiary/aromatic N) is 2. The summed E-state index contributed by atoms with van der Waals surface area (Å²) in [6.07, 6.45) is 1.65. The van der Waals surface area contributed by atoms with Crippen molar-refractivity contribution in [3.8, 4) is 11.4 Å². The van der Waals surface area contributed by atoms with Crippen molar-refractivity contribution in [1.29, 1.82) is 0 Å². The van der Waals surface area contributed by atoms with Crippen molar-refractivity contribution in [2.45, 2.75) is 13.8 Å². The van der Waals surface area contributed by atoms with Gasteiger partial charge in [-0.3, -0.25) is 4.98 Å². The molecule has 0 fully saturated rings. The lowest BCUT2D eigenvalue weighted by molar-refractivity contribution is 0.0527. The molecule has 28 heavy (non-hydrogen) atoms. The first-order chi connectivity index (χ1) is 13.6. The average molecular weight is 395 g/mol. The average Bonchev–Trinajstić information content (AvgIpc) is 2.99. The number of carbonyl (C=O) groups is 1. The number of carbonyl (C=O) groups excluding carboxylic acids is 1. The monoisotopic (exact) mass is 394 g/mol. The Bertz CT molecular complexity index is 1200. The fourth-order valence-corrected chi connectivity index (χ4v) is 3.90. The lowest BCUT2D eigenvalue weighted by atomic mass is 10.1. The van der Waals surface area contributed by atoms with E-state index in [9.17, 15) is 4.79 Å². The summed E-state index contributed by atoms with van der Waals surface area (Å²) in [5.41, 5.74) is 3.65. The van der Waals surface area contributed by atoms with Gasteiger partial charge in [-0.05, 0) is 38.1 Å². The first-order valence-corrected chi connectivity index (χ1v) is 9.35. The highest BCUT2D eigenvalue weighted by Crippen LogP contribution is 2.41. The van der Waals surface area contributed by atoms with Crippen LogP contribution in [-0.4, -0.2) is 29.2 Å². The van der Waals surface area contributed by atoms with Crippen LogP contribution >= 0.6 is 11.6 Å². The number of hydrogen-bond acceptors (Lipinski definition) is 4. The van der Waals surface area contributed by atoms with Crippen molar-refractivity contribution in [2.24, 2.45) is 0 Å². The molecule has 5 nitrogen and oxygen atoms in total. The van der Waals surface area contributed by atoms with Gasteiger partial charge in [0.1, 0.15) is 11.3 Å². The van der Waals surface area contributed by atoms with Crippen LogP contribution in [0.15, 0.2) is 48.7 Å². The van der Waals surface area contributed by atoms with E-state index in [0.717, 1.165) is 27.7 Å². The number of benzene rings is 2. The second-order valence-corrected chi connectivity index (χ2v) is 6.75. The zero-order valence-electron chi connectivity index (χ0n) is 15.8. The number of rotatable bonds is 4. The zero-order valence-corrected chi connectivity index (χ0v) is 16.6. The molecular weight excluding hydrogens is 376 g/mol. The minimum atomic E-state index is -0.374. The number of para-hydroxylation sites is 1. The van der Waals surface area contributed by atoms with Gasteiger partial charge in [0.2, 0.25) is 0 Å². The van der Waals surface area contributed by atoms with Crippen LogP contribution in [0.3, 0.4) is 0 Å². The van der Waals surface area contributed by atoms with Crippen molar-refractivity contribution in [2.75, 3.05) is 13.7 Å². The molecule has 0 spiro atoms. The van der Waals surface area contributed by atoms with Crippen molar-refractivity contribution < 1.29 is 14.3 Å². The lowest BCUT2D eigenvalue weighted by Gasteiger charge is -2.12. The van der Waals surface area contributed by atoms with E-state index < -0.39 is 0 Å². The van der Waals surface area contributed by atoms with E-state index in [0.29, 0.717) is 28.5 Å². The molecule has 0 saturated carbocycles. The van der Waals surface area contributed by atoms with Crippen LogP contribution in [0, 0.1) is 6.92 Å². The van der Waals surface area contributed by atoms with Crippen molar-refractivity contribution in [1.82, 2.24) is 9.55 Å². The van der Waals surface area contributed by atoms with Gasteiger partial charge in [0, 0.05) is 28.4 Å². The quantitative estimate of drug-likeness (QED) is 0.439. The standard InChI is InChI=1S/C22H19ClN2O3/c1-4-28-22(26)18-13(2)25(14-8-6-5-7-9-14)21-15(18)12-17(27-3)20-19(21)16(23)10-11-24-20/h5-12H,4H2,1-3H3. The lowest BCUT2D eigenvalue weighted by Crippen LogP contribution is -2.07. The highest BCUT2D eigenvalue weighted by atomic mass is 35.5. The summed E-state index contributed by atoms with van der Waals surface area (Å²) in [5.74, 6) is 0.182. The third-order valence-corrected chi connectivity index (χ3v) is 5.12. The molecule has 0 amide bonds. The van der Waals surface area contributed by atoms with E-state index in [4.69, 9.17) is 21.1 Å². The van der Waals surface area contributed by atoms with Crippen LogP contribution in [-0.2, 0) is 4.74 Å². The van der Waals surface area contributed by atoms with E-state index in [1.807, 2.05) is 47.9 Å². The summed E-state index contributed by atoms with van der Waals surface area (Å²) >= 11 is 6.60. The Morgan fingerprint density at radius 1 is 1.21 bits per heavy atom. The van der Waals surface area contributed by atoms with Crippen LogP contribution in [0.1, 0.15) is 23.0 Å². The molecule has 0 bridgehead atoms. The molecule has 0 saturated heterocycles. The van der Waals surface area contributed by atoms with Gasteiger partial charge in [-0.25, -0.2) is 4.79 Å². The van der Waals surface area contributed by atoms with Gasteiger partial charge in [0.25, 0.3) is 0 Å². The Kier molecular flexibility index (Phi) is 4.69. The summed E-state index contributed by atoms with van der Waals surface area (Å²) in [6, 6.07) is 13.4. The molecule has 0 unspecified atom stereocenters. The van der Waals surface area contributed by atoms with E-state index in [1.54, 1.807) is 26.3 Å². The Labute approximate surface area is 167 Å². The molecule has 0 aliphatic carbocycles. The molecule has 6 heteroatoms. The fourth-order valence-electron chi connectivity index (χ4n) is 3.67. The molecule has 0 aliphatic rings. The Morgan fingerprint density at radius 2 is 1.96 bits per heavy atom. The molecule has 2 heterocycles. The Balaban J connectivity index is 2.25. The van der Waals surface area contributed by atoms with Crippen LogP contribution in [0.25, 0.3) is 27.5 Å². The number of halogens is 1. The van der Waals surface area contributed by atoms with Gasteiger partial charge in [-0.1, -0.05) is 29.8 Å². The van der Waals surface area contributed by atoms with Crippen LogP contribution in [0.4, 0.5) is 0 Å². The Hall–Kier alpha value is -3.05. The molecule has 0 N–H and O–H groups in total. The minimum Gasteiger partial charge on any atom is -0.494 e. The number of fused-ring (bicyclic) bond motifs is 3. The molecule has 142 valence electrons. The number of ether oxygens (including phenoxy) is 2. The van der Waals surface area contributed by atoms with Crippen LogP contribution < -0.4 is 4.74 Å². The van der Waals surface area contributed by atoms with Crippen LogP contribution in [0.2, 0.25) is 5.02 Å². The zero-order chi connectivity index (χ0) is 19.8. The molecule has 4 aromatic rings. The molecule has 2 aromatic carbocycles. The van der Waals surface area contributed by atoms with E-state index in [1.165, 1.54) is 0 Å². The fraction of sp³-hybridized carbons (Fsp3) is 0.182. The Morgan fingerprint density at radius 3 is 2.64 bits per heavy atom. The normalized spacial score (nSPS) is 11.1. The van der Waals surface area contributed by atoms with Gasteiger partial charge in [0.15, 0.2) is 0 Å². The van der Waals surface area contributed by atoms with Crippen LogP contribution in [0.5, 0.6) is 5.75 Å². The molecule has 2 aromatic heterocycles. The molecule has 0 radical (unpaired) electrons. The maximum atomic E-state index is 12.8. The van der Waals surface area contributed by atoms with E-state index in [-0.39, 0.29) is 5.97 Å². The molecular formula is C22H19ClN2O3. The van der Waals surface area contributed by atoms with Gasteiger partial charge in [-0.2, -0.15) is 0 Å². The molecule has 0 aliphatic heterocycles. The SMILES string of the molecule is CCOC(=O)c1c(C)n(-c2ccccc2)c2c1cc(OC)c1nccc(Cl)c12. The summed E-state index contributed by atoms with van der Waals surface area (Å²) in [6.45, 7) is 3.99. The maximum absolute atomic E-state index is 12.8. The second-order valence-electron chi connectivity index (χ2n) is 6.34. The smallest absolute Gasteiger partial charge is 0.340 e. The third-order valence-electron chi connectivity index (χ3n) is 4.80. The number of esters is 1. The van der Waals surface area contributed by atoms with Crippen molar-refractivity contribution in [3.63, 3.8) is 0 Å². The predicted molar refractivity (Wildman–Crippen MR) is 111 cm³/mol. The summed E-state index contributed by atoms with van der Waals surface area (Å²) in [4.78, 5) is 17.3. The summed E-state index contributed by atoms with van der Waals surface area (Å²) in [5, 5.41) is 2.00. The van der Waals surface area contributed by atoms with Gasteiger partial charge < -0.3 is 14.0 Å². The first-order valence-electron chi connectivity index (χ1n) is 8.97. The highest BCUT2D eigenvalue weighted by Gasteiger charge is 2.26. The minimum absolute atomic E-state index is 0.295. The van der Waals surface area contributed by atoms with Crippen molar-refractivity contribution in [3.05, 3.63) is 64.9 Å². The summed E-state index contributed by atoms with van der Waals surface area (Å²) in [7, 11) is 1.58. The van der Waals surface area contributed by atoms with Gasteiger partial charge >= 0.3 is 5.97 Å². The van der Waals surface area contributed by atoms with Crippen molar-refractivity contribution >= 4 is 39.4 Å². The topological polar surface area (TPSA) is 53.4 Å². The second kappa shape index (κ2) is 7.17. The highest BCUT2D eigenvalue weighted by molar-refractivity contribution is 6.38. The number of methoxy groups -OCH3 is 1. The molecule has 0 atom stereocenters. The number of pyridine rings is 1. The van der Waals surface area contributed by atoms with E-state index >= 15 is 0 Å². The maximum Gasteiger partial charge on any atom is 0.340 e. The van der Waals surface area contributed by atoms with Gasteiger partial charge in [-0.15, -0.1) is 0 Å². The first kappa shape index (κ1) is 18.3. The van der Waals surface area contributed by atoms with E-state index in [2.05, 4.69) is 4.98 Å². The van der Waals surface area contributed by atoms with Gasteiger partial charge in [0.05, 0.1) is 29.8 Å². The molecule has 4 rings (SSSR count). The number of aromatic nitrogens is 2. The summed E-state index contributed by atoms with van der Waals surface area (Å²) < 4.78 is 12.9. The largest absolute Gasteiger partial charge is 0.494 e.